The van der Waals surface area contributed by atoms with Crippen molar-refractivity contribution in [2.75, 3.05) is 40.0 Å². The molecular formula is C11H22N2O2. The van der Waals surface area contributed by atoms with Gasteiger partial charge < -0.3 is 20.1 Å². The summed E-state index contributed by atoms with van der Waals surface area (Å²) in [5.74, 6) is 0.490. The lowest BCUT2D eigenvalue weighted by atomic mass is 9.95. The Hall–Kier alpha value is -0.160. The fourth-order valence-electron chi connectivity index (χ4n) is 2.39. The summed E-state index contributed by atoms with van der Waals surface area (Å²) in [6.45, 7) is 4.46. The van der Waals surface area contributed by atoms with Crippen molar-refractivity contribution in [3.63, 3.8) is 0 Å². The summed E-state index contributed by atoms with van der Waals surface area (Å²) < 4.78 is 10.9. The lowest BCUT2D eigenvalue weighted by molar-refractivity contribution is 0.0230. The van der Waals surface area contributed by atoms with Crippen LogP contribution in [0, 0.1) is 5.92 Å². The summed E-state index contributed by atoms with van der Waals surface area (Å²) in [6.07, 6.45) is 2.15. The smallest absolute Gasteiger partial charge is 0.0622 e. The van der Waals surface area contributed by atoms with E-state index in [1.807, 2.05) is 0 Å². The average molecular weight is 214 g/mol. The molecule has 0 aromatic heterocycles. The van der Waals surface area contributed by atoms with Crippen LogP contribution in [0.1, 0.15) is 12.8 Å². The second-order valence-corrected chi connectivity index (χ2v) is 4.74. The molecule has 4 nitrogen and oxygen atoms in total. The summed E-state index contributed by atoms with van der Waals surface area (Å²) in [5, 5.41) is 0. The van der Waals surface area contributed by atoms with E-state index in [9.17, 15) is 0 Å². The van der Waals surface area contributed by atoms with Crippen LogP contribution in [0.25, 0.3) is 0 Å². The number of ether oxygens (including phenoxy) is 2. The first-order valence-corrected chi connectivity index (χ1v) is 5.88. The standard InChI is InChI=1S/C11H22N2O2/c1-13(10-2-4-15-8-10)6-9-7-14-5-3-11(9)12/h9-11H,2-8,12H2,1H3. The quantitative estimate of drug-likeness (QED) is 0.722. The van der Waals surface area contributed by atoms with E-state index < -0.39 is 0 Å². The van der Waals surface area contributed by atoms with Crippen LogP contribution >= 0.6 is 0 Å². The highest BCUT2D eigenvalue weighted by Gasteiger charge is 2.27. The molecule has 0 spiro atoms. The van der Waals surface area contributed by atoms with E-state index in [1.165, 1.54) is 0 Å². The van der Waals surface area contributed by atoms with Gasteiger partial charge in [-0.05, 0) is 19.9 Å². The second-order valence-electron chi connectivity index (χ2n) is 4.74. The Morgan fingerprint density at radius 1 is 1.20 bits per heavy atom. The van der Waals surface area contributed by atoms with Crippen LogP contribution < -0.4 is 5.73 Å². The summed E-state index contributed by atoms with van der Waals surface area (Å²) in [4.78, 5) is 2.38. The molecule has 0 radical (unpaired) electrons. The molecule has 4 heteroatoms. The van der Waals surface area contributed by atoms with Crippen molar-refractivity contribution in [3.05, 3.63) is 0 Å². The topological polar surface area (TPSA) is 47.7 Å². The predicted octanol–water partition coefficient (Wildman–Crippen LogP) is 0.0709. The average Bonchev–Trinajstić information content (AvgIpc) is 2.74. The predicted molar refractivity (Wildman–Crippen MR) is 58.8 cm³/mol. The van der Waals surface area contributed by atoms with Gasteiger partial charge in [0.25, 0.3) is 0 Å². The fraction of sp³-hybridized carbons (Fsp3) is 1.00. The van der Waals surface area contributed by atoms with Gasteiger partial charge in [0.2, 0.25) is 0 Å². The monoisotopic (exact) mass is 214 g/mol. The molecule has 0 aromatic carbocycles. The summed E-state index contributed by atoms with van der Waals surface area (Å²) >= 11 is 0. The molecule has 2 aliphatic rings. The van der Waals surface area contributed by atoms with Crippen LogP contribution in [0.4, 0.5) is 0 Å². The molecule has 2 N–H and O–H groups in total. The number of likely N-dealkylation sites (N-methyl/N-ethyl adjacent to an activating group) is 1. The van der Waals surface area contributed by atoms with Crippen LogP contribution in [0.2, 0.25) is 0 Å². The Morgan fingerprint density at radius 3 is 2.60 bits per heavy atom. The molecule has 2 saturated heterocycles. The zero-order valence-electron chi connectivity index (χ0n) is 9.52. The van der Waals surface area contributed by atoms with Crippen molar-refractivity contribution in [1.29, 1.82) is 0 Å². The largest absolute Gasteiger partial charge is 0.381 e. The highest BCUT2D eigenvalue weighted by molar-refractivity contribution is 4.82. The highest BCUT2D eigenvalue weighted by Crippen LogP contribution is 2.17. The van der Waals surface area contributed by atoms with Gasteiger partial charge in [0.05, 0.1) is 13.2 Å². The molecule has 3 atom stereocenters. The van der Waals surface area contributed by atoms with Crippen LogP contribution in [-0.4, -0.2) is 57.0 Å². The molecule has 0 aliphatic carbocycles. The van der Waals surface area contributed by atoms with E-state index in [0.29, 0.717) is 18.0 Å². The van der Waals surface area contributed by atoms with Crippen LogP contribution in [0.5, 0.6) is 0 Å². The van der Waals surface area contributed by atoms with E-state index in [-0.39, 0.29) is 0 Å². The molecule has 2 aliphatic heterocycles. The molecule has 2 fully saturated rings. The minimum Gasteiger partial charge on any atom is -0.381 e. The molecule has 15 heavy (non-hydrogen) atoms. The molecule has 0 saturated carbocycles. The summed E-state index contributed by atoms with van der Waals surface area (Å²) in [7, 11) is 2.17. The highest BCUT2D eigenvalue weighted by atomic mass is 16.5. The lowest BCUT2D eigenvalue weighted by Crippen LogP contribution is -2.46. The Bertz CT molecular complexity index is 195. The van der Waals surface area contributed by atoms with E-state index in [2.05, 4.69) is 11.9 Å². The molecule has 0 amide bonds. The number of hydrogen-bond donors (Lipinski definition) is 1. The van der Waals surface area contributed by atoms with Gasteiger partial charge in [-0.1, -0.05) is 0 Å². The van der Waals surface area contributed by atoms with Gasteiger partial charge in [-0.15, -0.1) is 0 Å². The van der Waals surface area contributed by atoms with E-state index >= 15 is 0 Å². The zero-order chi connectivity index (χ0) is 10.7. The minimum atomic E-state index is 0.309. The van der Waals surface area contributed by atoms with Crippen LogP contribution in [0.3, 0.4) is 0 Å². The van der Waals surface area contributed by atoms with Crippen molar-refractivity contribution >= 4 is 0 Å². The maximum Gasteiger partial charge on any atom is 0.0622 e. The Morgan fingerprint density at radius 2 is 1.93 bits per heavy atom. The van der Waals surface area contributed by atoms with Crippen LogP contribution in [0.15, 0.2) is 0 Å². The molecule has 2 heterocycles. The lowest BCUT2D eigenvalue weighted by Gasteiger charge is -2.33. The van der Waals surface area contributed by atoms with E-state index in [4.69, 9.17) is 15.2 Å². The third kappa shape index (κ3) is 2.91. The number of nitrogens with two attached hydrogens (primary N) is 1. The zero-order valence-corrected chi connectivity index (χ0v) is 9.52. The molecule has 0 bridgehead atoms. The van der Waals surface area contributed by atoms with Crippen molar-refractivity contribution in [2.24, 2.45) is 11.7 Å². The van der Waals surface area contributed by atoms with Gasteiger partial charge in [-0.2, -0.15) is 0 Å². The number of nitrogens with zero attached hydrogens (tertiary/aromatic N) is 1. The van der Waals surface area contributed by atoms with Gasteiger partial charge in [-0.25, -0.2) is 0 Å². The Kier molecular flexibility index (Phi) is 3.97. The van der Waals surface area contributed by atoms with E-state index in [1.54, 1.807) is 0 Å². The normalized spacial score (nSPS) is 37.4. The summed E-state index contributed by atoms with van der Waals surface area (Å²) in [5.41, 5.74) is 6.09. The van der Waals surface area contributed by atoms with Crippen molar-refractivity contribution < 1.29 is 9.47 Å². The number of hydrogen-bond acceptors (Lipinski definition) is 4. The van der Waals surface area contributed by atoms with Gasteiger partial charge in [0.1, 0.15) is 0 Å². The Labute approximate surface area is 91.7 Å². The van der Waals surface area contributed by atoms with Gasteiger partial charge >= 0.3 is 0 Å². The summed E-state index contributed by atoms with van der Waals surface area (Å²) in [6, 6.07) is 0.891. The SMILES string of the molecule is CN(CC1COCCC1N)C1CCOC1. The maximum absolute atomic E-state index is 6.09. The first-order valence-electron chi connectivity index (χ1n) is 5.88. The molecule has 2 rings (SSSR count). The molecular weight excluding hydrogens is 192 g/mol. The van der Waals surface area contributed by atoms with Gasteiger partial charge in [0.15, 0.2) is 0 Å². The molecule has 0 aromatic rings. The van der Waals surface area contributed by atoms with Crippen molar-refractivity contribution in [3.8, 4) is 0 Å². The van der Waals surface area contributed by atoms with Crippen molar-refractivity contribution in [2.45, 2.75) is 24.9 Å². The third-order valence-corrected chi connectivity index (χ3v) is 3.58. The first-order chi connectivity index (χ1) is 7.27. The molecule has 3 unspecified atom stereocenters. The van der Waals surface area contributed by atoms with Gasteiger partial charge in [-0.3, -0.25) is 0 Å². The minimum absolute atomic E-state index is 0.309. The first kappa shape index (κ1) is 11.3. The third-order valence-electron chi connectivity index (χ3n) is 3.58. The van der Waals surface area contributed by atoms with Gasteiger partial charge in [0, 0.05) is 37.8 Å². The van der Waals surface area contributed by atoms with Crippen molar-refractivity contribution in [1.82, 2.24) is 4.90 Å². The molecule has 88 valence electrons. The number of rotatable bonds is 3. The fourth-order valence-corrected chi connectivity index (χ4v) is 2.39. The second kappa shape index (κ2) is 5.25. The van der Waals surface area contributed by atoms with E-state index in [0.717, 1.165) is 45.8 Å². The van der Waals surface area contributed by atoms with Crippen LogP contribution in [-0.2, 0) is 9.47 Å². The Balaban J connectivity index is 1.78. The maximum atomic E-state index is 6.09.